The first-order valence-electron chi connectivity index (χ1n) is 7.49. The number of nitrogens with one attached hydrogen (secondary N) is 1. The number of hydrogen-bond donors (Lipinski definition) is 1. The lowest BCUT2D eigenvalue weighted by Gasteiger charge is -2.31. The summed E-state index contributed by atoms with van der Waals surface area (Å²) in [6.45, 7) is 2.09. The van der Waals surface area contributed by atoms with Crippen LogP contribution in [0.2, 0.25) is 0 Å². The van der Waals surface area contributed by atoms with Crippen LogP contribution in [0, 0.1) is 6.92 Å². The number of nitrogens with zero attached hydrogens (tertiary/aromatic N) is 1. The van der Waals surface area contributed by atoms with Gasteiger partial charge in [0, 0.05) is 11.9 Å². The maximum Gasteiger partial charge on any atom is 0.0595 e. The number of hydrogen-bond acceptors (Lipinski definition) is 2. The Hall–Kier alpha value is -1.67. The zero-order valence-corrected chi connectivity index (χ0v) is 12.3. The van der Waals surface area contributed by atoms with Gasteiger partial charge in [0.1, 0.15) is 0 Å². The van der Waals surface area contributed by atoms with E-state index in [1.165, 1.54) is 36.0 Å². The van der Waals surface area contributed by atoms with Crippen molar-refractivity contribution >= 4 is 0 Å². The lowest BCUT2D eigenvalue weighted by atomic mass is 9.76. The highest BCUT2D eigenvalue weighted by molar-refractivity contribution is 5.41. The summed E-state index contributed by atoms with van der Waals surface area (Å²) in [7, 11) is 2.04. The molecule has 2 aromatic rings. The maximum absolute atomic E-state index is 4.44. The minimum atomic E-state index is 0.237. The highest BCUT2D eigenvalue weighted by Gasteiger charge is 2.25. The molecule has 1 heterocycles. The van der Waals surface area contributed by atoms with E-state index in [0.717, 1.165) is 11.6 Å². The van der Waals surface area contributed by atoms with E-state index in [1.54, 1.807) is 0 Å². The van der Waals surface area contributed by atoms with Gasteiger partial charge in [0.05, 0.1) is 6.04 Å². The van der Waals surface area contributed by atoms with Crippen LogP contribution in [0.25, 0.3) is 0 Å². The van der Waals surface area contributed by atoms with Gasteiger partial charge < -0.3 is 5.32 Å². The molecule has 1 N–H and O–H groups in total. The summed E-state index contributed by atoms with van der Waals surface area (Å²) < 4.78 is 0. The van der Waals surface area contributed by atoms with Gasteiger partial charge in [-0.15, -0.1) is 0 Å². The lowest BCUT2D eigenvalue weighted by molar-refractivity contribution is 0.415. The first-order chi connectivity index (χ1) is 9.81. The maximum atomic E-state index is 4.44. The minimum Gasteiger partial charge on any atom is -0.309 e. The van der Waals surface area contributed by atoms with Crippen LogP contribution in [-0.2, 0) is 0 Å². The third-order valence-corrected chi connectivity index (χ3v) is 4.50. The first kappa shape index (κ1) is 13.3. The first-order valence-corrected chi connectivity index (χ1v) is 7.49. The third kappa shape index (κ3) is 2.36. The van der Waals surface area contributed by atoms with E-state index in [9.17, 15) is 0 Å². The molecule has 2 nitrogen and oxygen atoms in total. The van der Waals surface area contributed by atoms with Gasteiger partial charge in [0.25, 0.3) is 0 Å². The van der Waals surface area contributed by atoms with Gasteiger partial charge in [-0.1, -0.05) is 36.8 Å². The van der Waals surface area contributed by atoms with E-state index in [1.807, 2.05) is 19.3 Å². The van der Waals surface area contributed by atoms with E-state index in [4.69, 9.17) is 0 Å². The summed E-state index contributed by atoms with van der Waals surface area (Å²) in [4.78, 5) is 4.44. The summed E-state index contributed by atoms with van der Waals surface area (Å²) in [5.74, 6) is 0.749. The zero-order chi connectivity index (χ0) is 13.9. The molecular weight excluding hydrogens is 244 g/mol. The van der Waals surface area contributed by atoms with Crippen molar-refractivity contribution in [2.24, 2.45) is 0 Å². The Morgan fingerprint density at radius 2 is 1.85 bits per heavy atom. The topological polar surface area (TPSA) is 24.9 Å². The predicted molar refractivity (Wildman–Crippen MR) is 82.9 cm³/mol. The molecule has 1 saturated carbocycles. The van der Waals surface area contributed by atoms with E-state index in [0.29, 0.717) is 0 Å². The Balaban J connectivity index is 2.03. The quantitative estimate of drug-likeness (QED) is 0.906. The fraction of sp³-hybridized carbons (Fsp3) is 0.389. The molecule has 1 aliphatic rings. The second-order valence-electron chi connectivity index (χ2n) is 5.66. The molecule has 1 aliphatic carbocycles. The van der Waals surface area contributed by atoms with Crippen molar-refractivity contribution < 1.29 is 0 Å². The van der Waals surface area contributed by atoms with Crippen LogP contribution in [0.4, 0.5) is 0 Å². The van der Waals surface area contributed by atoms with Crippen LogP contribution >= 0.6 is 0 Å². The summed E-state index contributed by atoms with van der Waals surface area (Å²) in [6.07, 6.45) is 5.90. The van der Waals surface area contributed by atoms with Crippen molar-refractivity contribution in [3.05, 3.63) is 65.0 Å². The lowest BCUT2D eigenvalue weighted by Crippen LogP contribution is -2.22. The molecule has 20 heavy (non-hydrogen) atoms. The third-order valence-electron chi connectivity index (χ3n) is 4.50. The van der Waals surface area contributed by atoms with Crippen molar-refractivity contribution in [3.63, 3.8) is 0 Å². The second-order valence-corrected chi connectivity index (χ2v) is 5.66. The van der Waals surface area contributed by atoms with Crippen LogP contribution in [0.3, 0.4) is 0 Å². The fourth-order valence-electron chi connectivity index (χ4n) is 3.15. The Labute approximate surface area is 121 Å². The molecule has 2 heteroatoms. The molecule has 0 radical (unpaired) electrons. The van der Waals surface area contributed by atoms with E-state index < -0.39 is 0 Å². The van der Waals surface area contributed by atoms with Gasteiger partial charge in [0.15, 0.2) is 0 Å². The Bertz CT molecular complexity index is 587. The average Bonchev–Trinajstić information content (AvgIpc) is 2.41. The molecule has 1 aromatic heterocycles. The van der Waals surface area contributed by atoms with Crippen LogP contribution in [0.15, 0.2) is 42.6 Å². The fourth-order valence-corrected chi connectivity index (χ4v) is 3.15. The van der Waals surface area contributed by atoms with Crippen LogP contribution < -0.4 is 5.32 Å². The molecule has 0 saturated heterocycles. The number of aromatic nitrogens is 1. The van der Waals surface area contributed by atoms with Crippen LogP contribution in [0.1, 0.15) is 53.6 Å². The van der Waals surface area contributed by atoms with Crippen LogP contribution in [0.5, 0.6) is 0 Å². The van der Waals surface area contributed by atoms with Gasteiger partial charge in [-0.2, -0.15) is 0 Å². The number of pyridine rings is 1. The standard InChI is InChI=1S/C18H22N2/c1-13-15(11-6-12-20-13)18(19-2)17-10-4-3-9-16(17)14-7-5-8-14/h3-4,6,9-12,14,18-19H,5,7-8H2,1-2H3. The highest BCUT2D eigenvalue weighted by Crippen LogP contribution is 2.40. The van der Waals surface area contributed by atoms with E-state index in [2.05, 4.69) is 47.6 Å². The molecule has 3 rings (SSSR count). The van der Waals surface area contributed by atoms with Crippen molar-refractivity contribution in [2.45, 2.75) is 38.1 Å². The van der Waals surface area contributed by atoms with Crippen molar-refractivity contribution in [3.8, 4) is 0 Å². The molecule has 1 unspecified atom stereocenters. The summed E-state index contributed by atoms with van der Waals surface area (Å²) in [5.41, 5.74) is 5.31. The molecule has 0 amide bonds. The van der Waals surface area contributed by atoms with Crippen molar-refractivity contribution in [1.82, 2.24) is 10.3 Å². The Kier molecular flexibility index (Phi) is 3.83. The predicted octanol–water partition coefficient (Wildman–Crippen LogP) is 3.97. The van der Waals surface area contributed by atoms with Crippen molar-refractivity contribution in [2.75, 3.05) is 7.05 Å². The number of aryl methyl sites for hydroxylation is 1. The molecule has 1 aromatic carbocycles. The zero-order valence-electron chi connectivity index (χ0n) is 12.3. The summed E-state index contributed by atoms with van der Waals surface area (Å²) in [6, 6.07) is 13.3. The van der Waals surface area contributed by atoms with Crippen LogP contribution in [-0.4, -0.2) is 12.0 Å². The van der Waals surface area contributed by atoms with Crippen molar-refractivity contribution in [1.29, 1.82) is 0 Å². The molecule has 1 atom stereocenters. The summed E-state index contributed by atoms with van der Waals surface area (Å²) >= 11 is 0. The monoisotopic (exact) mass is 266 g/mol. The number of rotatable bonds is 4. The van der Waals surface area contributed by atoms with Gasteiger partial charge in [0.2, 0.25) is 0 Å². The average molecular weight is 266 g/mol. The molecule has 0 spiro atoms. The normalized spacial score (nSPS) is 16.7. The van der Waals surface area contributed by atoms with Gasteiger partial charge >= 0.3 is 0 Å². The molecule has 1 fully saturated rings. The second kappa shape index (κ2) is 5.76. The molecule has 104 valence electrons. The molecule has 0 bridgehead atoms. The minimum absolute atomic E-state index is 0.237. The van der Waals surface area contributed by atoms with Gasteiger partial charge in [-0.3, -0.25) is 4.98 Å². The molecule has 0 aliphatic heterocycles. The highest BCUT2D eigenvalue weighted by atomic mass is 14.9. The van der Waals surface area contributed by atoms with E-state index in [-0.39, 0.29) is 6.04 Å². The smallest absolute Gasteiger partial charge is 0.0595 e. The Morgan fingerprint density at radius 1 is 1.10 bits per heavy atom. The largest absolute Gasteiger partial charge is 0.309 e. The molecular formula is C18H22N2. The van der Waals surface area contributed by atoms with Gasteiger partial charge in [-0.25, -0.2) is 0 Å². The summed E-state index contributed by atoms with van der Waals surface area (Å²) in [5, 5.41) is 3.48. The Morgan fingerprint density at radius 3 is 2.50 bits per heavy atom. The SMILES string of the molecule is CNC(c1ccccc1C1CCC1)c1cccnc1C. The number of benzene rings is 1. The van der Waals surface area contributed by atoms with E-state index >= 15 is 0 Å². The van der Waals surface area contributed by atoms with Gasteiger partial charge in [-0.05, 0) is 55.5 Å².